The minimum atomic E-state index is 0.356. The lowest BCUT2D eigenvalue weighted by Crippen LogP contribution is -2.54. The highest BCUT2D eigenvalue weighted by atomic mass is 16.1. The number of hydrogen-bond donors (Lipinski definition) is 0. The third-order valence-electron chi connectivity index (χ3n) is 8.44. The van der Waals surface area contributed by atoms with Crippen LogP contribution in [0.25, 0.3) is 0 Å². The van der Waals surface area contributed by atoms with Crippen molar-refractivity contribution in [3.63, 3.8) is 0 Å². The summed E-state index contributed by atoms with van der Waals surface area (Å²) in [6, 6.07) is 0. The molecule has 1 heteroatoms. The van der Waals surface area contributed by atoms with Gasteiger partial charge in [-0.25, -0.2) is 0 Å². The maximum absolute atomic E-state index is 12.0. The molecule has 0 amide bonds. The molecule has 4 aliphatic rings. The van der Waals surface area contributed by atoms with Crippen LogP contribution in [-0.2, 0) is 4.79 Å². The van der Waals surface area contributed by atoms with E-state index in [1.807, 2.05) is 0 Å². The molecule has 4 saturated carbocycles. The molecule has 0 aromatic heterocycles. The number of Topliss-reactive ketones (excluding diaryl/α,β-unsaturated/α-hetero) is 1. The van der Waals surface area contributed by atoms with Gasteiger partial charge in [-0.15, -0.1) is 0 Å². The predicted molar refractivity (Wildman–Crippen MR) is 86.0 cm³/mol. The average Bonchev–Trinajstić information content (AvgIpc) is 2.45. The van der Waals surface area contributed by atoms with Crippen molar-refractivity contribution in [3.05, 3.63) is 0 Å². The smallest absolute Gasteiger partial charge is 0.133 e. The van der Waals surface area contributed by atoms with Gasteiger partial charge >= 0.3 is 0 Å². The first-order valence-corrected chi connectivity index (χ1v) is 9.55. The van der Waals surface area contributed by atoms with Gasteiger partial charge in [0.15, 0.2) is 0 Å². The van der Waals surface area contributed by atoms with E-state index in [1.165, 1.54) is 57.8 Å². The Bertz CT molecular complexity index is 441. The molecule has 0 aliphatic heterocycles. The first-order valence-electron chi connectivity index (χ1n) is 9.55. The summed E-state index contributed by atoms with van der Waals surface area (Å²) in [6.45, 7) is 5.09. The van der Waals surface area contributed by atoms with Crippen LogP contribution in [-0.4, -0.2) is 5.78 Å². The average molecular weight is 288 g/mol. The summed E-state index contributed by atoms with van der Waals surface area (Å²) in [5.41, 5.74) is 0.998. The second-order valence-electron chi connectivity index (χ2n) is 9.35. The van der Waals surface area contributed by atoms with Crippen LogP contribution in [0.4, 0.5) is 0 Å². The Balaban J connectivity index is 1.63. The molecule has 0 unspecified atom stereocenters. The fraction of sp³-hybridized carbons (Fsp3) is 0.950. The molecule has 0 saturated heterocycles. The van der Waals surface area contributed by atoms with Crippen LogP contribution in [0.2, 0.25) is 0 Å². The molecule has 0 N–H and O–H groups in total. The highest BCUT2D eigenvalue weighted by Gasteiger charge is 2.57. The zero-order chi connectivity index (χ0) is 14.7. The first-order chi connectivity index (χ1) is 10.0. The number of rotatable bonds is 0. The zero-order valence-corrected chi connectivity index (χ0v) is 14.0. The van der Waals surface area contributed by atoms with E-state index in [4.69, 9.17) is 0 Å². The van der Waals surface area contributed by atoms with Crippen LogP contribution >= 0.6 is 0 Å². The Labute approximate surface area is 130 Å². The van der Waals surface area contributed by atoms with E-state index in [0.29, 0.717) is 16.6 Å². The molecule has 0 bridgehead atoms. The van der Waals surface area contributed by atoms with Crippen molar-refractivity contribution in [1.29, 1.82) is 0 Å². The molecule has 0 radical (unpaired) electrons. The third kappa shape index (κ3) is 2.05. The molecule has 0 spiro atoms. The van der Waals surface area contributed by atoms with Crippen molar-refractivity contribution in [2.24, 2.45) is 34.5 Å². The van der Waals surface area contributed by atoms with Crippen molar-refractivity contribution in [3.8, 4) is 0 Å². The first kappa shape index (κ1) is 14.3. The van der Waals surface area contributed by atoms with Gasteiger partial charge < -0.3 is 0 Å². The standard InChI is InChI=1S/C20H32O/c1-19-12-10-18-16(17(19)9-7-15(21)13-19)8-6-14-5-3-4-11-20(14,18)2/h14,16-18H,3-13H2,1-2H3/t14-,16+,17+,18+,19-,20+/m1/s1. The van der Waals surface area contributed by atoms with E-state index in [0.717, 1.165) is 36.5 Å². The highest BCUT2D eigenvalue weighted by Crippen LogP contribution is 2.65. The maximum atomic E-state index is 12.0. The van der Waals surface area contributed by atoms with Crippen molar-refractivity contribution in [1.82, 2.24) is 0 Å². The maximum Gasteiger partial charge on any atom is 0.133 e. The van der Waals surface area contributed by atoms with E-state index in [1.54, 1.807) is 0 Å². The van der Waals surface area contributed by atoms with Gasteiger partial charge in [-0.2, -0.15) is 0 Å². The van der Waals surface area contributed by atoms with E-state index < -0.39 is 0 Å². The number of hydrogen-bond acceptors (Lipinski definition) is 1. The number of ketones is 1. The number of carbonyl (C=O) groups excluding carboxylic acids is 1. The molecule has 118 valence electrons. The Hall–Kier alpha value is -0.330. The fourth-order valence-corrected chi connectivity index (χ4v) is 7.33. The Morgan fingerprint density at radius 3 is 2.62 bits per heavy atom. The van der Waals surface area contributed by atoms with Crippen LogP contribution in [0.1, 0.15) is 84.5 Å². The normalized spacial score (nSPS) is 53.5. The summed E-state index contributed by atoms with van der Waals surface area (Å²) in [7, 11) is 0. The van der Waals surface area contributed by atoms with Gasteiger partial charge in [-0.05, 0) is 79.4 Å². The van der Waals surface area contributed by atoms with Gasteiger partial charge in [0.2, 0.25) is 0 Å². The molecular formula is C20H32O. The van der Waals surface area contributed by atoms with Crippen LogP contribution in [0, 0.1) is 34.5 Å². The predicted octanol–water partition coefficient (Wildman–Crippen LogP) is 5.38. The van der Waals surface area contributed by atoms with E-state index in [9.17, 15) is 4.79 Å². The molecule has 0 heterocycles. The van der Waals surface area contributed by atoms with Gasteiger partial charge in [-0.3, -0.25) is 4.79 Å². The van der Waals surface area contributed by atoms with Gasteiger partial charge in [-0.1, -0.05) is 26.7 Å². The molecule has 0 aromatic carbocycles. The van der Waals surface area contributed by atoms with Crippen LogP contribution in [0.5, 0.6) is 0 Å². The molecule has 0 aromatic rings. The fourth-order valence-electron chi connectivity index (χ4n) is 7.33. The zero-order valence-electron chi connectivity index (χ0n) is 14.0. The lowest BCUT2D eigenvalue weighted by atomic mass is 9.43. The molecule has 4 aliphatic carbocycles. The third-order valence-corrected chi connectivity index (χ3v) is 8.44. The van der Waals surface area contributed by atoms with Crippen molar-refractivity contribution < 1.29 is 4.79 Å². The molecule has 1 nitrogen and oxygen atoms in total. The number of fused-ring (bicyclic) bond motifs is 5. The summed E-state index contributed by atoms with van der Waals surface area (Å²) in [4.78, 5) is 12.0. The van der Waals surface area contributed by atoms with Crippen molar-refractivity contribution >= 4 is 5.78 Å². The second-order valence-corrected chi connectivity index (χ2v) is 9.35. The summed E-state index contributed by atoms with van der Waals surface area (Å²) in [5.74, 6) is 4.33. The lowest BCUT2D eigenvalue weighted by Gasteiger charge is -2.62. The van der Waals surface area contributed by atoms with Gasteiger partial charge in [0.1, 0.15) is 5.78 Å². The Morgan fingerprint density at radius 2 is 1.76 bits per heavy atom. The minimum Gasteiger partial charge on any atom is -0.300 e. The minimum absolute atomic E-state index is 0.356. The molecule has 21 heavy (non-hydrogen) atoms. The van der Waals surface area contributed by atoms with Crippen LogP contribution < -0.4 is 0 Å². The summed E-state index contributed by atoms with van der Waals surface area (Å²) >= 11 is 0. The quantitative estimate of drug-likeness (QED) is 0.585. The lowest BCUT2D eigenvalue weighted by molar-refractivity contribution is -0.143. The summed E-state index contributed by atoms with van der Waals surface area (Å²) in [5, 5.41) is 0. The van der Waals surface area contributed by atoms with Gasteiger partial charge in [0, 0.05) is 12.8 Å². The molecule has 4 rings (SSSR count). The van der Waals surface area contributed by atoms with E-state index in [2.05, 4.69) is 13.8 Å². The molecule has 6 atom stereocenters. The van der Waals surface area contributed by atoms with Crippen molar-refractivity contribution in [2.45, 2.75) is 84.5 Å². The largest absolute Gasteiger partial charge is 0.300 e. The van der Waals surface area contributed by atoms with Gasteiger partial charge in [0.25, 0.3) is 0 Å². The summed E-state index contributed by atoms with van der Waals surface area (Å²) in [6.07, 6.45) is 14.6. The Morgan fingerprint density at radius 1 is 0.905 bits per heavy atom. The molecular weight excluding hydrogens is 256 g/mol. The van der Waals surface area contributed by atoms with Crippen molar-refractivity contribution in [2.75, 3.05) is 0 Å². The van der Waals surface area contributed by atoms with E-state index >= 15 is 0 Å². The van der Waals surface area contributed by atoms with Crippen LogP contribution in [0.15, 0.2) is 0 Å². The van der Waals surface area contributed by atoms with E-state index in [-0.39, 0.29) is 0 Å². The highest BCUT2D eigenvalue weighted by molar-refractivity contribution is 5.80. The SMILES string of the molecule is C[C@]12CC[C@H]3[C@@H](CC[C@H]4CCCC[C@@]43C)[C@@H]1CCC(=O)C2. The summed E-state index contributed by atoms with van der Waals surface area (Å²) < 4.78 is 0. The number of carbonyl (C=O) groups is 1. The second kappa shape index (κ2) is 4.83. The van der Waals surface area contributed by atoms with Gasteiger partial charge in [0.05, 0.1) is 0 Å². The Kier molecular flexibility index (Phi) is 3.28. The van der Waals surface area contributed by atoms with Crippen LogP contribution in [0.3, 0.4) is 0 Å². The molecule has 4 fully saturated rings. The topological polar surface area (TPSA) is 17.1 Å². The monoisotopic (exact) mass is 288 g/mol.